The van der Waals surface area contributed by atoms with E-state index in [4.69, 9.17) is 5.73 Å². The zero-order chi connectivity index (χ0) is 10.3. The smallest absolute Gasteiger partial charge is 0.0349 e. The fourth-order valence-corrected chi connectivity index (χ4v) is 3.10. The van der Waals surface area contributed by atoms with Crippen LogP contribution < -0.4 is 5.73 Å². The third kappa shape index (κ3) is 1.64. The van der Waals surface area contributed by atoms with E-state index in [0.29, 0.717) is 0 Å². The lowest BCUT2D eigenvalue weighted by molar-refractivity contribution is 0.306. The van der Waals surface area contributed by atoms with Gasteiger partial charge in [0.05, 0.1) is 0 Å². The summed E-state index contributed by atoms with van der Waals surface area (Å²) < 4.78 is 0. The summed E-state index contributed by atoms with van der Waals surface area (Å²) >= 11 is 0. The van der Waals surface area contributed by atoms with Gasteiger partial charge in [-0.1, -0.05) is 18.2 Å². The molecule has 2 aliphatic carbocycles. The molecule has 2 fully saturated rings. The lowest BCUT2D eigenvalue weighted by Gasteiger charge is -2.29. The van der Waals surface area contributed by atoms with E-state index in [9.17, 15) is 0 Å². The first-order chi connectivity index (χ1) is 7.29. The number of anilines is 1. The van der Waals surface area contributed by atoms with Gasteiger partial charge in [0, 0.05) is 5.69 Å². The molecule has 80 valence electrons. The van der Waals surface area contributed by atoms with Crippen molar-refractivity contribution in [2.45, 2.75) is 44.4 Å². The van der Waals surface area contributed by atoms with Crippen LogP contribution in [0.25, 0.3) is 0 Å². The van der Waals surface area contributed by atoms with E-state index in [1.54, 1.807) is 0 Å². The summed E-state index contributed by atoms with van der Waals surface area (Å²) in [6.07, 6.45) is 8.56. The second-order valence-corrected chi connectivity index (χ2v) is 5.40. The molecule has 0 amide bonds. The van der Waals surface area contributed by atoms with Crippen molar-refractivity contribution < 1.29 is 0 Å². The summed E-state index contributed by atoms with van der Waals surface area (Å²) in [4.78, 5) is 0. The summed E-state index contributed by atoms with van der Waals surface area (Å²) in [5.41, 5.74) is 9.22. The normalized spacial score (nSPS) is 24.3. The quantitative estimate of drug-likeness (QED) is 0.689. The number of rotatable bonds is 1. The van der Waals surface area contributed by atoms with Gasteiger partial charge in [-0.05, 0) is 61.5 Å². The number of benzene rings is 1. The molecule has 2 aliphatic rings. The van der Waals surface area contributed by atoms with Crippen LogP contribution in [-0.2, 0) is 0 Å². The second kappa shape index (κ2) is 3.26. The van der Waals surface area contributed by atoms with Crippen LogP contribution in [0.5, 0.6) is 0 Å². The Morgan fingerprint density at radius 1 is 1.00 bits per heavy atom. The van der Waals surface area contributed by atoms with E-state index in [1.807, 2.05) is 12.1 Å². The van der Waals surface area contributed by atoms with Crippen molar-refractivity contribution in [2.24, 2.45) is 5.41 Å². The highest BCUT2D eigenvalue weighted by molar-refractivity contribution is 5.48. The second-order valence-electron chi connectivity index (χ2n) is 5.40. The lowest BCUT2D eigenvalue weighted by Crippen LogP contribution is -2.14. The molecule has 1 aromatic carbocycles. The molecule has 1 aromatic rings. The van der Waals surface area contributed by atoms with Crippen molar-refractivity contribution in [3.63, 3.8) is 0 Å². The van der Waals surface area contributed by atoms with E-state index >= 15 is 0 Å². The predicted octanol–water partition coefficient (Wildman–Crippen LogP) is 3.71. The van der Waals surface area contributed by atoms with Gasteiger partial charge in [0.2, 0.25) is 0 Å². The van der Waals surface area contributed by atoms with Crippen LogP contribution in [0.15, 0.2) is 24.3 Å². The first-order valence-electron chi connectivity index (χ1n) is 6.14. The Labute approximate surface area is 91.7 Å². The van der Waals surface area contributed by atoms with Gasteiger partial charge in [-0.25, -0.2) is 0 Å². The third-order valence-electron chi connectivity index (χ3n) is 4.44. The van der Waals surface area contributed by atoms with E-state index in [-0.39, 0.29) is 0 Å². The summed E-state index contributed by atoms with van der Waals surface area (Å²) in [6.45, 7) is 0. The molecule has 1 heteroatoms. The minimum Gasteiger partial charge on any atom is -0.398 e. The molecule has 15 heavy (non-hydrogen) atoms. The van der Waals surface area contributed by atoms with Crippen molar-refractivity contribution in [2.75, 3.05) is 5.73 Å². The Kier molecular flexibility index (Phi) is 2.01. The topological polar surface area (TPSA) is 26.0 Å². The molecule has 3 rings (SSSR count). The highest BCUT2D eigenvalue weighted by Gasteiger charge is 2.44. The SMILES string of the molecule is Nc1ccccc1C1CCC2(CC1)CC2. The average Bonchev–Trinajstić information content (AvgIpc) is 3.01. The fraction of sp³-hybridized carbons (Fsp3) is 0.571. The molecule has 0 saturated heterocycles. The van der Waals surface area contributed by atoms with Crippen molar-refractivity contribution in [3.8, 4) is 0 Å². The molecule has 0 aromatic heterocycles. The first kappa shape index (κ1) is 9.26. The maximum Gasteiger partial charge on any atom is 0.0349 e. The standard InChI is InChI=1S/C14H19N/c15-13-4-2-1-3-12(13)11-5-7-14(8-6-11)9-10-14/h1-4,11H,5-10,15H2. The number of para-hydroxylation sites is 1. The van der Waals surface area contributed by atoms with Crippen molar-refractivity contribution in [3.05, 3.63) is 29.8 Å². The molecule has 0 unspecified atom stereocenters. The molecule has 0 radical (unpaired) electrons. The average molecular weight is 201 g/mol. The number of nitrogens with two attached hydrogens (primary N) is 1. The van der Waals surface area contributed by atoms with Crippen LogP contribution in [-0.4, -0.2) is 0 Å². The minimum absolute atomic E-state index is 0.734. The zero-order valence-electron chi connectivity index (χ0n) is 9.21. The molecule has 0 atom stereocenters. The summed E-state index contributed by atoms with van der Waals surface area (Å²) in [5, 5.41) is 0. The molecule has 2 N–H and O–H groups in total. The first-order valence-corrected chi connectivity index (χ1v) is 6.14. The Hall–Kier alpha value is -0.980. The Morgan fingerprint density at radius 3 is 2.27 bits per heavy atom. The van der Waals surface area contributed by atoms with E-state index < -0.39 is 0 Å². The lowest BCUT2D eigenvalue weighted by atomic mass is 9.76. The van der Waals surface area contributed by atoms with Crippen LogP contribution in [0.1, 0.15) is 50.0 Å². The predicted molar refractivity (Wildman–Crippen MR) is 63.7 cm³/mol. The van der Waals surface area contributed by atoms with Crippen molar-refractivity contribution in [1.82, 2.24) is 0 Å². The zero-order valence-corrected chi connectivity index (χ0v) is 9.21. The highest BCUT2D eigenvalue weighted by Crippen LogP contribution is 2.58. The van der Waals surface area contributed by atoms with Crippen molar-refractivity contribution in [1.29, 1.82) is 0 Å². The Balaban J connectivity index is 1.76. The van der Waals surface area contributed by atoms with Gasteiger partial charge in [0.1, 0.15) is 0 Å². The van der Waals surface area contributed by atoms with Gasteiger partial charge in [-0.2, -0.15) is 0 Å². The molecule has 0 bridgehead atoms. The van der Waals surface area contributed by atoms with Crippen LogP contribution >= 0.6 is 0 Å². The van der Waals surface area contributed by atoms with Gasteiger partial charge >= 0.3 is 0 Å². The Morgan fingerprint density at radius 2 is 1.67 bits per heavy atom. The molecule has 0 heterocycles. The number of nitrogen functional groups attached to an aromatic ring is 1. The van der Waals surface area contributed by atoms with E-state index in [2.05, 4.69) is 12.1 Å². The van der Waals surface area contributed by atoms with Crippen LogP contribution in [0.2, 0.25) is 0 Å². The largest absolute Gasteiger partial charge is 0.398 e. The van der Waals surface area contributed by atoms with Gasteiger partial charge in [0.25, 0.3) is 0 Å². The summed E-state index contributed by atoms with van der Waals surface area (Å²) in [7, 11) is 0. The fourth-order valence-electron chi connectivity index (χ4n) is 3.10. The molecule has 0 aliphatic heterocycles. The molecule has 1 nitrogen and oxygen atoms in total. The number of hydrogen-bond acceptors (Lipinski definition) is 1. The summed E-state index contributed by atoms with van der Waals surface area (Å²) in [5.74, 6) is 0.734. The van der Waals surface area contributed by atoms with Gasteiger partial charge in [-0.15, -0.1) is 0 Å². The van der Waals surface area contributed by atoms with E-state index in [1.165, 1.54) is 44.1 Å². The van der Waals surface area contributed by atoms with Crippen LogP contribution in [0.3, 0.4) is 0 Å². The maximum atomic E-state index is 6.03. The molecular formula is C14H19N. The highest BCUT2D eigenvalue weighted by atomic mass is 14.6. The van der Waals surface area contributed by atoms with Crippen molar-refractivity contribution >= 4 is 5.69 Å². The van der Waals surface area contributed by atoms with Gasteiger partial charge in [0.15, 0.2) is 0 Å². The van der Waals surface area contributed by atoms with Gasteiger partial charge in [-0.3, -0.25) is 0 Å². The maximum absolute atomic E-state index is 6.03. The Bertz CT molecular complexity index is 355. The van der Waals surface area contributed by atoms with Crippen LogP contribution in [0.4, 0.5) is 5.69 Å². The minimum atomic E-state index is 0.734. The number of hydrogen-bond donors (Lipinski definition) is 1. The monoisotopic (exact) mass is 201 g/mol. The molecule has 1 spiro atoms. The van der Waals surface area contributed by atoms with Crippen LogP contribution in [0, 0.1) is 5.41 Å². The molecule has 2 saturated carbocycles. The third-order valence-corrected chi connectivity index (χ3v) is 4.44. The summed E-state index contributed by atoms with van der Waals surface area (Å²) in [6, 6.07) is 8.40. The molecular weight excluding hydrogens is 182 g/mol. The van der Waals surface area contributed by atoms with E-state index in [0.717, 1.165) is 17.0 Å². The van der Waals surface area contributed by atoms with Gasteiger partial charge < -0.3 is 5.73 Å².